The Balaban J connectivity index is 1.85. The molecule has 28 heavy (non-hydrogen) atoms. The second kappa shape index (κ2) is 8.32. The van der Waals surface area contributed by atoms with E-state index in [1.165, 1.54) is 0 Å². The van der Waals surface area contributed by atoms with Gasteiger partial charge in [0.2, 0.25) is 10.0 Å². The first kappa shape index (κ1) is 21.6. The first-order chi connectivity index (χ1) is 13.0. The Labute approximate surface area is 176 Å². The predicted octanol–water partition coefficient (Wildman–Crippen LogP) is 3.84. The van der Waals surface area contributed by atoms with E-state index < -0.39 is 15.6 Å². The molecule has 3 rings (SSSR count). The maximum Gasteiger partial charge on any atom is 0.410 e. The fraction of sp³-hybridized carbons (Fsp3) is 0.650. The van der Waals surface area contributed by atoms with E-state index in [4.69, 9.17) is 4.74 Å². The van der Waals surface area contributed by atoms with E-state index in [2.05, 4.69) is 20.7 Å². The number of rotatable bonds is 5. The highest BCUT2D eigenvalue weighted by molar-refractivity contribution is 9.10. The summed E-state index contributed by atoms with van der Waals surface area (Å²) < 4.78 is 34.6. The quantitative estimate of drug-likeness (QED) is 0.705. The predicted molar refractivity (Wildman–Crippen MR) is 113 cm³/mol. The first-order valence-corrected chi connectivity index (χ1v) is 12.1. The number of piperidine rings is 1. The molecule has 1 aromatic rings. The molecule has 1 saturated carbocycles. The number of benzene rings is 1. The third-order valence-corrected chi connectivity index (χ3v) is 7.49. The smallest absolute Gasteiger partial charge is 0.410 e. The summed E-state index contributed by atoms with van der Waals surface area (Å²) in [6.07, 6.45) is 3.07. The molecule has 6 nitrogen and oxygen atoms in total. The summed E-state index contributed by atoms with van der Waals surface area (Å²) in [5.41, 5.74) is 0.447. The van der Waals surface area contributed by atoms with Crippen LogP contribution in [0.5, 0.6) is 0 Å². The molecule has 0 spiro atoms. The zero-order valence-electron chi connectivity index (χ0n) is 16.7. The van der Waals surface area contributed by atoms with E-state index in [-0.39, 0.29) is 23.4 Å². The maximum absolute atomic E-state index is 12.9. The standard InChI is InChI=1S/C20H29BrN2O4S/c1-20(2,3)27-19(24)23-11-5-8-17(22-28(25,26)16-9-10-16)18(23)13-14-6-4-7-15(21)12-14/h4,6-7,12,16-18,22H,5,8-11,13H2,1-3H3. The zero-order chi connectivity index (χ0) is 20.5. The molecular formula is C20H29BrN2O4S. The summed E-state index contributed by atoms with van der Waals surface area (Å²) in [7, 11) is -3.34. The van der Waals surface area contributed by atoms with Crippen LogP contribution in [0.4, 0.5) is 4.79 Å². The van der Waals surface area contributed by atoms with Gasteiger partial charge in [0.25, 0.3) is 0 Å². The Morgan fingerprint density at radius 3 is 2.61 bits per heavy atom. The minimum atomic E-state index is -3.34. The SMILES string of the molecule is CC(C)(C)OC(=O)N1CCCC(NS(=O)(=O)C2CC2)C1Cc1cccc(Br)c1. The molecule has 1 N–H and O–H groups in total. The number of carbonyl (C=O) groups is 1. The Bertz CT molecular complexity index is 818. The fourth-order valence-electron chi connectivity index (χ4n) is 3.59. The molecule has 1 aromatic carbocycles. The van der Waals surface area contributed by atoms with Gasteiger partial charge in [-0.1, -0.05) is 28.1 Å². The van der Waals surface area contributed by atoms with Crippen molar-refractivity contribution in [1.82, 2.24) is 9.62 Å². The van der Waals surface area contributed by atoms with E-state index in [0.29, 0.717) is 32.2 Å². The molecule has 0 aromatic heterocycles. The lowest BCUT2D eigenvalue weighted by Crippen LogP contribution is -2.58. The van der Waals surface area contributed by atoms with Crippen LogP contribution in [0.1, 0.15) is 52.0 Å². The average molecular weight is 473 g/mol. The number of nitrogens with zero attached hydrogens (tertiary/aromatic N) is 1. The lowest BCUT2D eigenvalue weighted by atomic mass is 9.92. The molecule has 1 heterocycles. The second-order valence-electron chi connectivity index (χ2n) is 8.69. The molecule has 2 aliphatic rings. The van der Waals surface area contributed by atoms with Gasteiger partial charge in [-0.25, -0.2) is 17.9 Å². The van der Waals surface area contributed by atoms with E-state index >= 15 is 0 Å². The summed E-state index contributed by atoms with van der Waals surface area (Å²) in [6.45, 7) is 6.08. The largest absolute Gasteiger partial charge is 0.444 e. The molecule has 0 radical (unpaired) electrons. The number of ether oxygens (including phenoxy) is 1. The normalized spacial score (nSPS) is 23.5. The lowest BCUT2D eigenvalue weighted by molar-refractivity contribution is 0.00591. The highest BCUT2D eigenvalue weighted by Crippen LogP contribution is 2.30. The van der Waals surface area contributed by atoms with Crippen LogP contribution in [0.3, 0.4) is 0 Å². The van der Waals surface area contributed by atoms with E-state index in [0.717, 1.165) is 16.5 Å². The first-order valence-electron chi connectivity index (χ1n) is 9.80. The van der Waals surface area contributed by atoms with Gasteiger partial charge in [0, 0.05) is 17.1 Å². The van der Waals surface area contributed by atoms with Gasteiger partial charge >= 0.3 is 6.09 Å². The van der Waals surface area contributed by atoms with Crippen molar-refractivity contribution in [3.05, 3.63) is 34.3 Å². The maximum atomic E-state index is 12.9. The highest BCUT2D eigenvalue weighted by atomic mass is 79.9. The van der Waals surface area contributed by atoms with Crippen molar-refractivity contribution in [2.24, 2.45) is 0 Å². The number of sulfonamides is 1. The minimum Gasteiger partial charge on any atom is -0.444 e. The number of hydrogen-bond acceptors (Lipinski definition) is 4. The third kappa shape index (κ3) is 5.70. The van der Waals surface area contributed by atoms with Gasteiger partial charge in [0.05, 0.1) is 11.3 Å². The molecule has 1 saturated heterocycles. The van der Waals surface area contributed by atoms with Crippen molar-refractivity contribution in [3.63, 3.8) is 0 Å². The summed E-state index contributed by atoms with van der Waals surface area (Å²) in [6, 6.07) is 7.30. The molecule has 2 unspecified atom stereocenters. The Morgan fingerprint density at radius 1 is 1.29 bits per heavy atom. The summed E-state index contributed by atoms with van der Waals surface area (Å²) in [5.74, 6) is 0. The van der Waals surface area contributed by atoms with Crippen LogP contribution in [-0.4, -0.2) is 48.9 Å². The number of hydrogen-bond donors (Lipinski definition) is 1. The van der Waals surface area contributed by atoms with Crippen molar-refractivity contribution < 1.29 is 17.9 Å². The van der Waals surface area contributed by atoms with Crippen LogP contribution in [0.15, 0.2) is 28.7 Å². The Morgan fingerprint density at radius 2 is 2.00 bits per heavy atom. The molecule has 2 fully saturated rings. The molecule has 156 valence electrons. The molecule has 2 atom stereocenters. The lowest BCUT2D eigenvalue weighted by Gasteiger charge is -2.42. The van der Waals surface area contributed by atoms with Crippen LogP contribution < -0.4 is 4.72 Å². The average Bonchev–Trinajstić information content (AvgIpc) is 3.40. The Kier molecular flexibility index (Phi) is 6.41. The summed E-state index contributed by atoms with van der Waals surface area (Å²) in [4.78, 5) is 14.6. The molecule has 1 aliphatic carbocycles. The van der Waals surface area contributed by atoms with Gasteiger partial charge in [-0.15, -0.1) is 0 Å². The van der Waals surface area contributed by atoms with Gasteiger partial charge in [-0.3, -0.25) is 0 Å². The minimum absolute atomic E-state index is 0.282. The van der Waals surface area contributed by atoms with Crippen molar-refractivity contribution in [2.45, 2.75) is 75.8 Å². The van der Waals surface area contributed by atoms with Gasteiger partial charge < -0.3 is 9.64 Å². The topological polar surface area (TPSA) is 75.7 Å². The molecule has 1 amide bonds. The van der Waals surface area contributed by atoms with Crippen molar-refractivity contribution in [1.29, 1.82) is 0 Å². The second-order valence-corrected chi connectivity index (χ2v) is 11.6. The van der Waals surface area contributed by atoms with E-state index in [1.807, 2.05) is 45.0 Å². The zero-order valence-corrected chi connectivity index (χ0v) is 19.1. The van der Waals surface area contributed by atoms with E-state index in [1.54, 1.807) is 4.90 Å². The number of likely N-dealkylation sites (tertiary alicyclic amines) is 1. The number of amides is 1. The third-order valence-electron chi connectivity index (χ3n) is 5.02. The molecule has 0 bridgehead atoms. The number of nitrogens with one attached hydrogen (secondary N) is 1. The molecule has 1 aliphatic heterocycles. The van der Waals surface area contributed by atoms with Crippen LogP contribution in [0.2, 0.25) is 0 Å². The molecular weight excluding hydrogens is 444 g/mol. The number of carbonyl (C=O) groups excluding carboxylic acids is 1. The summed E-state index contributed by atoms with van der Waals surface area (Å²) in [5, 5.41) is -0.282. The monoisotopic (exact) mass is 472 g/mol. The van der Waals surface area contributed by atoms with Crippen molar-refractivity contribution >= 4 is 32.0 Å². The molecule has 8 heteroatoms. The highest BCUT2D eigenvalue weighted by Gasteiger charge is 2.42. The number of halogens is 1. The van der Waals surface area contributed by atoms with E-state index in [9.17, 15) is 13.2 Å². The van der Waals surface area contributed by atoms with Crippen molar-refractivity contribution in [2.75, 3.05) is 6.54 Å². The van der Waals surface area contributed by atoms with Crippen LogP contribution in [-0.2, 0) is 21.2 Å². The fourth-order valence-corrected chi connectivity index (χ4v) is 5.68. The summed E-state index contributed by atoms with van der Waals surface area (Å²) >= 11 is 3.49. The van der Waals surface area contributed by atoms with Crippen LogP contribution >= 0.6 is 15.9 Å². The van der Waals surface area contributed by atoms with Gasteiger partial charge in [-0.05, 0) is 70.6 Å². The van der Waals surface area contributed by atoms with Gasteiger partial charge in [0.1, 0.15) is 5.60 Å². The Hall–Kier alpha value is -1.12. The van der Waals surface area contributed by atoms with Crippen LogP contribution in [0, 0.1) is 0 Å². The van der Waals surface area contributed by atoms with Gasteiger partial charge in [-0.2, -0.15) is 0 Å². The van der Waals surface area contributed by atoms with Crippen molar-refractivity contribution in [3.8, 4) is 0 Å². The van der Waals surface area contributed by atoms with Crippen LogP contribution in [0.25, 0.3) is 0 Å². The van der Waals surface area contributed by atoms with Gasteiger partial charge in [0.15, 0.2) is 0 Å².